The molecule has 0 saturated heterocycles. The Morgan fingerprint density at radius 3 is 2.52 bits per heavy atom. The van der Waals surface area contributed by atoms with Crippen molar-refractivity contribution in [2.24, 2.45) is 0 Å². The van der Waals surface area contributed by atoms with Crippen molar-refractivity contribution in [2.45, 2.75) is 5.92 Å². The van der Waals surface area contributed by atoms with Crippen molar-refractivity contribution in [2.75, 3.05) is 0 Å². The van der Waals surface area contributed by atoms with Crippen molar-refractivity contribution in [1.82, 2.24) is 0 Å². The van der Waals surface area contributed by atoms with Gasteiger partial charge in [-0.3, -0.25) is 14.9 Å². The number of carbonyl (C=O) groups is 1. The second-order valence-corrected chi connectivity index (χ2v) is 4.81. The molecule has 0 saturated carbocycles. The number of rotatable bonds is 4. The van der Waals surface area contributed by atoms with Gasteiger partial charge in [-0.15, -0.1) is 0 Å². The van der Waals surface area contributed by atoms with Gasteiger partial charge in [-0.05, 0) is 23.8 Å². The molecule has 106 valence electrons. The summed E-state index contributed by atoms with van der Waals surface area (Å²) in [6.45, 7) is 0. The number of hydrogen-bond donors (Lipinski definition) is 0. The highest BCUT2D eigenvalue weighted by atomic mass is 35.5. The van der Waals surface area contributed by atoms with Gasteiger partial charge in [0.2, 0.25) is 5.78 Å². The summed E-state index contributed by atoms with van der Waals surface area (Å²) in [6.07, 6.45) is 0. The van der Waals surface area contributed by atoms with E-state index in [-0.39, 0.29) is 15.8 Å². The summed E-state index contributed by atoms with van der Waals surface area (Å²) in [5, 5.41) is 20.2. The van der Waals surface area contributed by atoms with Crippen LogP contribution in [0.2, 0.25) is 10.0 Å². The van der Waals surface area contributed by atoms with Crippen LogP contribution >= 0.6 is 23.2 Å². The molecule has 1 aromatic carbocycles. The summed E-state index contributed by atoms with van der Waals surface area (Å²) in [4.78, 5) is 22.0. The lowest BCUT2D eigenvalue weighted by molar-refractivity contribution is -0.402. The Morgan fingerprint density at radius 2 is 2.00 bits per heavy atom. The third-order valence-corrected chi connectivity index (χ3v) is 3.42. The van der Waals surface area contributed by atoms with Crippen molar-refractivity contribution < 1.29 is 14.1 Å². The van der Waals surface area contributed by atoms with E-state index in [4.69, 9.17) is 32.9 Å². The fraction of sp³-hybridized carbons (Fsp3) is 0.0769. The number of furan rings is 1. The molecule has 2 aromatic rings. The topological polar surface area (TPSA) is 97.1 Å². The highest BCUT2D eigenvalue weighted by molar-refractivity contribution is 6.42. The molecule has 21 heavy (non-hydrogen) atoms. The van der Waals surface area contributed by atoms with Crippen LogP contribution in [0.1, 0.15) is 22.0 Å². The third kappa shape index (κ3) is 3.05. The Morgan fingerprint density at radius 1 is 1.29 bits per heavy atom. The van der Waals surface area contributed by atoms with Gasteiger partial charge in [-0.2, -0.15) is 5.26 Å². The molecule has 0 bridgehead atoms. The van der Waals surface area contributed by atoms with Crippen LogP contribution in [-0.4, -0.2) is 10.7 Å². The van der Waals surface area contributed by atoms with Gasteiger partial charge in [-0.1, -0.05) is 29.3 Å². The number of halogens is 2. The molecule has 1 aromatic heterocycles. The van der Waals surface area contributed by atoms with Crippen molar-refractivity contribution in [3.8, 4) is 6.07 Å². The molecule has 0 aliphatic heterocycles. The summed E-state index contributed by atoms with van der Waals surface area (Å²) < 4.78 is 4.81. The van der Waals surface area contributed by atoms with Crippen LogP contribution in [0, 0.1) is 21.4 Å². The first-order valence-electron chi connectivity index (χ1n) is 5.57. The molecule has 0 radical (unpaired) electrons. The Bertz CT molecular complexity index is 764. The Kier molecular flexibility index (Phi) is 4.26. The molecule has 0 amide bonds. The summed E-state index contributed by atoms with van der Waals surface area (Å²) in [5.41, 5.74) is 0.330. The molecular weight excluding hydrogens is 319 g/mol. The average molecular weight is 325 g/mol. The highest BCUT2D eigenvalue weighted by Gasteiger charge is 2.27. The van der Waals surface area contributed by atoms with Crippen LogP contribution in [0.5, 0.6) is 0 Å². The number of nitro groups is 1. The number of Topliss-reactive ketones (excluding diaryl/α,β-unsaturated/α-hetero) is 1. The van der Waals surface area contributed by atoms with Crippen molar-refractivity contribution in [3.05, 3.63) is 61.8 Å². The molecule has 1 atom stereocenters. The van der Waals surface area contributed by atoms with Gasteiger partial charge in [0.05, 0.1) is 22.2 Å². The van der Waals surface area contributed by atoms with Crippen LogP contribution in [0.15, 0.2) is 34.7 Å². The lowest BCUT2D eigenvalue weighted by Gasteiger charge is -2.07. The Labute approximate surface area is 128 Å². The molecule has 6 nitrogen and oxygen atoms in total. The van der Waals surface area contributed by atoms with Crippen LogP contribution < -0.4 is 0 Å². The van der Waals surface area contributed by atoms with Crippen LogP contribution in [0.25, 0.3) is 0 Å². The van der Waals surface area contributed by atoms with Gasteiger partial charge in [-0.25, -0.2) is 0 Å². The molecule has 0 N–H and O–H groups in total. The molecule has 0 fully saturated rings. The lowest BCUT2D eigenvalue weighted by atomic mass is 9.95. The maximum absolute atomic E-state index is 12.2. The largest absolute Gasteiger partial charge is 0.433 e. The number of hydrogen-bond acceptors (Lipinski definition) is 5. The van der Waals surface area contributed by atoms with E-state index in [1.165, 1.54) is 18.2 Å². The second kappa shape index (κ2) is 5.95. The normalized spacial score (nSPS) is 11.7. The Hall–Kier alpha value is -2.36. The van der Waals surface area contributed by atoms with Crippen LogP contribution in [0.4, 0.5) is 5.88 Å². The summed E-state index contributed by atoms with van der Waals surface area (Å²) in [6, 6.07) is 8.37. The zero-order valence-electron chi connectivity index (χ0n) is 10.2. The minimum atomic E-state index is -1.19. The first-order valence-corrected chi connectivity index (χ1v) is 6.32. The summed E-state index contributed by atoms with van der Waals surface area (Å²) in [5.74, 6) is -2.71. The minimum Gasteiger partial charge on any atom is -0.397 e. The second-order valence-electron chi connectivity index (χ2n) is 3.99. The van der Waals surface area contributed by atoms with Gasteiger partial charge < -0.3 is 4.42 Å². The molecule has 2 rings (SSSR count). The molecule has 0 aliphatic carbocycles. The average Bonchev–Trinajstić information content (AvgIpc) is 2.93. The number of ketones is 1. The van der Waals surface area contributed by atoms with Crippen molar-refractivity contribution in [1.29, 1.82) is 5.26 Å². The van der Waals surface area contributed by atoms with E-state index < -0.39 is 22.5 Å². The third-order valence-electron chi connectivity index (χ3n) is 2.68. The first-order chi connectivity index (χ1) is 9.93. The summed E-state index contributed by atoms with van der Waals surface area (Å²) >= 11 is 11.6. The molecular formula is C13H6Cl2N2O4. The molecule has 1 unspecified atom stereocenters. The van der Waals surface area contributed by atoms with Crippen LogP contribution in [-0.2, 0) is 0 Å². The number of nitriles is 1. The monoisotopic (exact) mass is 324 g/mol. The molecule has 1 heterocycles. The maximum Gasteiger partial charge on any atom is 0.433 e. The van der Waals surface area contributed by atoms with Crippen LogP contribution in [0.3, 0.4) is 0 Å². The van der Waals surface area contributed by atoms with E-state index in [2.05, 4.69) is 0 Å². The minimum absolute atomic E-state index is 0.202. The van der Waals surface area contributed by atoms with E-state index in [0.29, 0.717) is 5.56 Å². The first kappa shape index (κ1) is 15.0. The standard InChI is InChI=1S/C13H6Cl2N2O4/c14-9-2-1-7(5-10(9)15)8(6-16)13(18)11-3-4-12(21-11)17(19)20/h1-5,8H. The van der Waals surface area contributed by atoms with E-state index in [1.54, 1.807) is 0 Å². The fourth-order valence-corrected chi connectivity index (χ4v) is 1.98. The fourth-order valence-electron chi connectivity index (χ4n) is 1.68. The van der Waals surface area contributed by atoms with Gasteiger partial charge >= 0.3 is 5.88 Å². The predicted octanol–water partition coefficient (Wildman–Crippen LogP) is 3.98. The quantitative estimate of drug-likeness (QED) is 0.481. The van der Waals surface area contributed by atoms with Gasteiger partial charge in [0.1, 0.15) is 10.8 Å². The molecule has 0 aliphatic rings. The summed E-state index contributed by atoms with van der Waals surface area (Å²) in [7, 11) is 0. The number of nitrogens with zero attached hydrogens (tertiary/aromatic N) is 2. The molecule has 8 heteroatoms. The number of carbonyl (C=O) groups excluding carboxylic acids is 1. The lowest BCUT2D eigenvalue weighted by Crippen LogP contribution is -2.10. The van der Waals surface area contributed by atoms with E-state index in [1.807, 2.05) is 6.07 Å². The van der Waals surface area contributed by atoms with Gasteiger partial charge in [0, 0.05) is 0 Å². The highest BCUT2D eigenvalue weighted by Crippen LogP contribution is 2.29. The zero-order valence-corrected chi connectivity index (χ0v) is 11.8. The number of benzene rings is 1. The van der Waals surface area contributed by atoms with Crippen molar-refractivity contribution in [3.63, 3.8) is 0 Å². The van der Waals surface area contributed by atoms with Gasteiger partial charge in [0.15, 0.2) is 5.76 Å². The van der Waals surface area contributed by atoms with Crippen molar-refractivity contribution >= 4 is 34.9 Å². The Balaban J connectivity index is 2.36. The maximum atomic E-state index is 12.2. The zero-order chi connectivity index (χ0) is 15.6. The van der Waals surface area contributed by atoms with E-state index >= 15 is 0 Å². The predicted molar refractivity (Wildman–Crippen MR) is 74.5 cm³/mol. The van der Waals surface area contributed by atoms with E-state index in [9.17, 15) is 14.9 Å². The van der Waals surface area contributed by atoms with Gasteiger partial charge in [0.25, 0.3) is 0 Å². The molecule has 0 spiro atoms. The SMILES string of the molecule is N#CC(C(=O)c1ccc([N+](=O)[O-])o1)c1ccc(Cl)c(Cl)c1. The smallest absolute Gasteiger partial charge is 0.397 e. The van der Waals surface area contributed by atoms with E-state index in [0.717, 1.165) is 12.1 Å².